The molecule has 0 bridgehead atoms. The standard InChI is InChI=1S/C18H26N2O/c1-6-12-7-9-13(10-8-12)15-19-11-14(21)20(15)16-17(2,3)18(16,4)5/h7-10,15-16,19H,6,11H2,1-5H3. The molecule has 1 saturated carbocycles. The molecule has 0 radical (unpaired) electrons. The average Bonchev–Trinajstić information content (AvgIpc) is 2.73. The van der Waals surface area contributed by atoms with E-state index in [4.69, 9.17) is 0 Å². The van der Waals surface area contributed by atoms with Crippen LogP contribution in [0.25, 0.3) is 0 Å². The molecule has 21 heavy (non-hydrogen) atoms. The Bertz CT molecular complexity index is 545. The lowest BCUT2D eigenvalue weighted by Crippen LogP contribution is -2.35. The molecule has 1 amide bonds. The minimum Gasteiger partial charge on any atom is -0.318 e. The van der Waals surface area contributed by atoms with Crippen molar-refractivity contribution in [1.82, 2.24) is 10.2 Å². The molecule has 1 N–H and O–H groups in total. The number of hydrogen-bond donors (Lipinski definition) is 1. The molecule has 3 rings (SSSR count). The van der Waals surface area contributed by atoms with Crippen molar-refractivity contribution >= 4 is 5.91 Å². The molecule has 1 aromatic rings. The Morgan fingerprint density at radius 2 is 1.71 bits per heavy atom. The number of carbonyl (C=O) groups excluding carboxylic acids is 1. The monoisotopic (exact) mass is 286 g/mol. The molecule has 1 saturated heterocycles. The molecule has 1 heterocycles. The molecule has 1 aliphatic carbocycles. The van der Waals surface area contributed by atoms with Crippen LogP contribution in [0.3, 0.4) is 0 Å². The van der Waals surface area contributed by atoms with Crippen LogP contribution in [0.15, 0.2) is 24.3 Å². The Kier molecular flexibility index (Phi) is 3.17. The lowest BCUT2D eigenvalue weighted by atomic mass is 10.0. The Hall–Kier alpha value is -1.35. The predicted molar refractivity (Wildman–Crippen MR) is 84.8 cm³/mol. The highest BCUT2D eigenvalue weighted by atomic mass is 16.2. The van der Waals surface area contributed by atoms with E-state index in [1.807, 2.05) is 0 Å². The fourth-order valence-electron chi connectivity index (χ4n) is 3.88. The van der Waals surface area contributed by atoms with Crippen molar-refractivity contribution in [2.24, 2.45) is 10.8 Å². The molecule has 0 aromatic heterocycles. The summed E-state index contributed by atoms with van der Waals surface area (Å²) in [5.41, 5.74) is 2.88. The van der Waals surface area contributed by atoms with E-state index in [0.29, 0.717) is 12.6 Å². The molecule has 2 fully saturated rings. The number of hydrogen-bond acceptors (Lipinski definition) is 2. The second kappa shape index (κ2) is 4.57. The van der Waals surface area contributed by atoms with Gasteiger partial charge in [0.15, 0.2) is 0 Å². The van der Waals surface area contributed by atoms with Gasteiger partial charge in [-0.15, -0.1) is 0 Å². The van der Waals surface area contributed by atoms with E-state index in [-0.39, 0.29) is 22.9 Å². The van der Waals surface area contributed by atoms with Crippen LogP contribution >= 0.6 is 0 Å². The molecule has 1 unspecified atom stereocenters. The summed E-state index contributed by atoms with van der Waals surface area (Å²) in [7, 11) is 0. The summed E-state index contributed by atoms with van der Waals surface area (Å²) in [6.45, 7) is 11.7. The van der Waals surface area contributed by atoms with Crippen molar-refractivity contribution in [3.63, 3.8) is 0 Å². The van der Waals surface area contributed by atoms with Crippen LogP contribution in [0, 0.1) is 10.8 Å². The zero-order valence-electron chi connectivity index (χ0n) is 13.7. The first-order valence-corrected chi connectivity index (χ1v) is 7.94. The molecule has 2 aliphatic rings. The van der Waals surface area contributed by atoms with Gasteiger partial charge in [-0.1, -0.05) is 58.9 Å². The number of nitrogens with one attached hydrogen (secondary N) is 1. The van der Waals surface area contributed by atoms with Gasteiger partial charge in [-0.2, -0.15) is 0 Å². The normalized spacial score (nSPS) is 27.2. The smallest absolute Gasteiger partial charge is 0.238 e. The number of carbonyl (C=O) groups is 1. The van der Waals surface area contributed by atoms with Crippen molar-refractivity contribution in [3.05, 3.63) is 35.4 Å². The van der Waals surface area contributed by atoms with Crippen molar-refractivity contribution in [1.29, 1.82) is 0 Å². The summed E-state index contributed by atoms with van der Waals surface area (Å²) in [6, 6.07) is 8.96. The quantitative estimate of drug-likeness (QED) is 0.926. The van der Waals surface area contributed by atoms with Crippen LogP contribution in [0.2, 0.25) is 0 Å². The van der Waals surface area contributed by atoms with Crippen molar-refractivity contribution < 1.29 is 4.79 Å². The largest absolute Gasteiger partial charge is 0.318 e. The van der Waals surface area contributed by atoms with E-state index < -0.39 is 0 Å². The first kappa shape index (κ1) is 14.6. The Labute approximate surface area is 127 Å². The third-order valence-corrected chi connectivity index (χ3v) is 5.94. The number of aryl methyl sites for hydroxylation is 1. The van der Waals surface area contributed by atoms with Crippen molar-refractivity contribution in [2.45, 2.75) is 53.2 Å². The minimum atomic E-state index is 0.0226. The summed E-state index contributed by atoms with van der Waals surface area (Å²) < 4.78 is 0. The topological polar surface area (TPSA) is 32.3 Å². The maximum absolute atomic E-state index is 12.4. The van der Waals surface area contributed by atoms with Gasteiger partial charge >= 0.3 is 0 Å². The van der Waals surface area contributed by atoms with Crippen LogP contribution < -0.4 is 5.32 Å². The summed E-state index contributed by atoms with van der Waals surface area (Å²) in [5, 5.41) is 3.38. The molecule has 114 valence electrons. The van der Waals surface area contributed by atoms with Gasteiger partial charge in [0, 0.05) is 6.04 Å². The van der Waals surface area contributed by atoms with Crippen LogP contribution in [0.4, 0.5) is 0 Å². The van der Waals surface area contributed by atoms with Crippen molar-refractivity contribution in [3.8, 4) is 0 Å². The van der Waals surface area contributed by atoms with E-state index in [2.05, 4.69) is 69.1 Å². The van der Waals surface area contributed by atoms with Gasteiger partial charge in [0.05, 0.1) is 6.54 Å². The molecular formula is C18H26N2O. The second-order valence-electron chi connectivity index (χ2n) is 7.53. The lowest BCUT2D eigenvalue weighted by Gasteiger charge is -2.27. The summed E-state index contributed by atoms with van der Waals surface area (Å²) in [6.07, 6.45) is 1.07. The molecule has 0 spiro atoms. The average molecular weight is 286 g/mol. The highest BCUT2D eigenvalue weighted by Crippen LogP contribution is 2.66. The highest BCUT2D eigenvalue weighted by molar-refractivity contribution is 5.82. The van der Waals surface area contributed by atoms with Crippen LogP contribution in [0.5, 0.6) is 0 Å². The first-order valence-electron chi connectivity index (χ1n) is 7.94. The summed E-state index contributed by atoms with van der Waals surface area (Å²) in [4.78, 5) is 14.5. The number of benzene rings is 1. The fraction of sp³-hybridized carbons (Fsp3) is 0.611. The molecule has 1 aromatic carbocycles. The summed E-state index contributed by atoms with van der Waals surface area (Å²) in [5.74, 6) is 0.225. The van der Waals surface area contributed by atoms with E-state index in [0.717, 1.165) is 6.42 Å². The zero-order chi connectivity index (χ0) is 15.4. The van der Waals surface area contributed by atoms with Gasteiger partial charge in [-0.3, -0.25) is 10.1 Å². The van der Waals surface area contributed by atoms with E-state index >= 15 is 0 Å². The van der Waals surface area contributed by atoms with E-state index in [1.165, 1.54) is 11.1 Å². The number of rotatable bonds is 3. The maximum Gasteiger partial charge on any atom is 0.238 e. The lowest BCUT2D eigenvalue weighted by molar-refractivity contribution is -0.129. The number of amides is 1. The minimum absolute atomic E-state index is 0.0226. The number of nitrogens with zero attached hydrogens (tertiary/aromatic N) is 1. The molecule has 1 aliphatic heterocycles. The zero-order valence-corrected chi connectivity index (χ0v) is 13.7. The van der Waals surface area contributed by atoms with E-state index in [1.54, 1.807) is 0 Å². The van der Waals surface area contributed by atoms with Crippen LogP contribution in [0.1, 0.15) is 51.9 Å². The van der Waals surface area contributed by atoms with Crippen LogP contribution in [-0.2, 0) is 11.2 Å². The van der Waals surface area contributed by atoms with Gasteiger partial charge in [0.1, 0.15) is 6.17 Å². The third-order valence-electron chi connectivity index (χ3n) is 5.94. The fourth-order valence-corrected chi connectivity index (χ4v) is 3.88. The summed E-state index contributed by atoms with van der Waals surface area (Å²) >= 11 is 0. The molecular weight excluding hydrogens is 260 g/mol. The van der Waals surface area contributed by atoms with Gasteiger partial charge < -0.3 is 4.90 Å². The van der Waals surface area contributed by atoms with Gasteiger partial charge in [-0.05, 0) is 28.4 Å². The Balaban J connectivity index is 1.90. The Morgan fingerprint density at radius 1 is 1.14 bits per heavy atom. The van der Waals surface area contributed by atoms with Crippen molar-refractivity contribution in [2.75, 3.05) is 6.54 Å². The van der Waals surface area contributed by atoms with Crippen LogP contribution in [-0.4, -0.2) is 23.4 Å². The Morgan fingerprint density at radius 3 is 2.19 bits per heavy atom. The molecule has 3 nitrogen and oxygen atoms in total. The third kappa shape index (κ3) is 2.02. The van der Waals surface area contributed by atoms with Gasteiger partial charge in [-0.25, -0.2) is 0 Å². The van der Waals surface area contributed by atoms with Gasteiger partial charge in [0.25, 0.3) is 0 Å². The first-order chi connectivity index (χ1) is 9.80. The SMILES string of the molecule is CCc1ccc(C2NCC(=O)N2C2C(C)(C)C2(C)C)cc1. The predicted octanol–water partition coefficient (Wildman–Crippen LogP) is 3.11. The second-order valence-corrected chi connectivity index (χ2v) is 7.53. The molecule has 1 atom stereocenters. The maximum atomic E-state index is 12.4. The molecule has 3 heteroatoms. The van der Waals surface area contributed by atoms with E-state index in [9.17, 15) is 4.79 Å². The van der Waals surface area contributed by atoms with Gasteiger partial charge in [0.2, 0.25) is 5.91 Å². The highest BCUT2D eigenvalue weighted by Gasteiger charge is 2.69.